The highest BCUT2D eigenvalue weighted by atomic mass is 19.1. The number of carboxylic acids is 1. The van der Waals surface area contributed by atoms with Crippen LogP contribution in [0.1, 0.15) is 86.7 Å². The van der Waals surface area contributed by atoms with E-state index in [2.05, 4.69) is 9.89 Å². The minimum absolute atomic E-state index is 0.0432. The van der Waals surface area contributed by atoms with Crippen LogP contribution < -0.4 is 4.74 Å². The van der Waals surface area contributed by atoms with Crippen molar-refractivity contribution in [1.29, 1.82) is 5.41 Å². The Kier molecular flexibility index (Phi) is 10.1. The lowest BCUT2D eigenvalue weighted by molar-refractivity contribution is -0.160. The molecule has 2 atom stereocenters. The van der Waals surface area contributed by atoms with Gasteiger partial charge in [0.25, 0.3) is 6.02 Å². The van der Waals surface area contributed by atoms with Crippen molar-refractivity contribution in [3.8, 4) is 16.9 Å². The first kappa shape index (κ1) is 34.5. The predicted molar refractivity (Wildman–Crippen MR) is 181 cm³/mol. The maximum absolute atomic E-state index is 15.8. The number of nitrogens with one attached hydrogen (secondary N) is 1. The molecule has 2 saturated heterocycles. The largest absolute Gasteiger partial charge is 0.490 e. The zero-order chi connectivity index (χ0) is 34.2. The number of aromatic nitrogens is 1. The molecule has 5 rings (SSSR count). The Hall–Kier alpha value is -3.83. The van der Waals surface area contributed by atoms with Crippen molar-refractivity contribution in [2.24, 2.45) is 4.99 Å². The zero-order valence-corrected chi connectivity index (χ0v) is 28.9. The van der Waals surface area contributed by atoms with Crippen molar-refractivity contribution in [1.82, 2.24) is 14.8 Å². The molecule has 0 unspecified atom stereocenters. The third-order valence-electron chi connectivity index (χ3n) is 9.29. The van der Waals surface area contributed by atoms with Gasteiger partial charge in [-0.15, -0.1) is 0 Å². The van der Waals surface area contributed by atoms with E-state index in [1.807, 2.05) is 31.7 Å². The summed E-state index contributed by atoms with van der Waals surface area (Å²) in [6, 6.07) is 1.90. The van der Waals surface area contributed by atoms with Gasteiger partial charge in [0.15, 0.2) is 17.7 Å². The van der Waals surface area contributed by atoms with Gasteiger partial charge in [0.2, 0.25) is 5.90 Å². The second-order valence-electron chi connectivity index (χ2n) is 13.8. The van der Waals surface area contributed by atoms with Crippen LogP contribution in [0.25, 0.3) is 17.2 Å². The maximum Gasteiger partial charge on any atom is 0.337 e. The number of hydrogen-bond donors (Lipinski definition) is 2. The smallest absolute Gasteiger partial charge is 0.337 e. The lowest BCUT2D eigenvalue weighted by Gasteiger charge is -2.37. The first-order valence-electron chi connectivity index (χ1n) is 16.5. The number of benzene rings is 1. The number of pyridine rings is 1. The summed E-state index contributed by atoms with van der Waals surface area (Å²) in [5.74, 6) is -1.15. The molecule has 1 aromatic carbocycles. The number of halogens is 1. The molecule has 2 N–H and O–H groups in total. The van der Waals surface area contributed by atoms with Gasteiger partial charge >= 0.3 is 5.97 Å². The molecule has 0 radical (unpaired) electrons. The van der Waals surface area contributed by atoms with Crippen molar-refractivity contribution in [2.75, 3.05) is 39.8 Å². The number of hydrogen-bond acceptors (Lipinski definition) is 8. The minimum atomic E-state index is -1.38. The van der Waals surface area contributed by atoms with Gasteiger partial charge in [-0.3, -0.25) is 20.3 Å². The van der Waals surface area contributed by atoms with Gasteiger partial charge in [-0.2, -0.15) is 0 Å². The third kappa shape index (κ3) is 7.21. The number of ether oxygens (including phenoxy) is 3. The van der Waals surface area contributed by atoms with E-state index in [-0.39, 0.29) is 17.7 Å². The van der Waals surface area contributed by atoms with Crippen LogP contribution in [0.15, 0.2) is 16.6 Å². The molecule has 0 bridgehead atoms. The summed E-state index contributed by atoms with van der Waals surface area (Å²) in [5.41, 5.74) is 4.53. The highest BCUT2D eigenvalue weighted by Gasteiger charge is 2.35. The number of rotatable bonds is 6. The Balaban J connectivity index is 1.64. The van der Waals surface area contributed by atoms with Gasteiger partial charge in [-0.1, -0.05) is 0 Å². The van der Waals surface area contributed by atoms with Crippen LogP contribution in [0, 0.1) is 32.0 Å². The van der Waals surface area contributed by atoms with Crippen molar-refractivity contribution in [2.45, 2.75) is 91.9 Å². The van der Waals surface area contributed by atoms with E-state index < -0.39 is 23.5 Å². The number of carbonyl (C=O) groups is 1. The quantitative estimate of drug-likeness (QED) is 0.279. The van der Waals surface area contributed by atoms with Gasteiger partial charge in [0, 0.05) is 66.4 Å². The van der Waals surface area contributed by atoms with Crippen LogP contribution in [0.4, 0.5) is 4.39 Å². The molecule has 0 amide bonds. The van der Waals surface area contributed by atoms with Crippen LogP contribution >= 0.6 is 0 Å². The van der Waals surface area contributed by atoms with Gasteiger partial charge in [-0.25, -0.2) is 9.18 Å². The fraction of sp³-hybridized carbons (Fsp3) is 0.556. The molecular formula is C36H48FN5O5. The number of aliphatic carboxylic acids is 1. The standard InChI is InChI=1S/C36H48FN5O5/c1-20(33(39-8)46-35(38)42-15-14-41-13-9-11-24(41)19-42)17-27-22(3)40-23(4)29(32(34(43)44)47-36(5,6)7)30(27)26-18-28(37)31-25(21(26)2)12-10-16-45-31/h17-18,24,32,38H,9-16,19H2,1-8H3,(H,43,44)/b20-17+,38-35?,39-33-/t24-,32+/m1/s1. The molecule has 0 aliphatic carbocycles. The second kappa shape index (κ2) is 13.7. The van der Waals surface area contributed by atoms with Crippen LogP contribution in [0.3, 0.4) is 0 Å². The lowest BCUT2D eigenvalue weighted by atomic mass is 9.84. The normalized spacial score (nSPS) is 19.6. The van der Waals surface area contributed by atoms with Crippen LogP contribution in [0.5, 0.6) is 5.75 Å². The summed E-state index contributed by atoms with van der Waals surface area (Å²) >= 11 is 0. The van der Waals surface area contributed by atoms with E-state index in [9.17, 15) is 9.90 Å². The molecule has 0 spiro atoms. The Morgan fingerprint density at radius 1 is 1.21 bits per heavy atom. The number of fused-ring (bicyclic) bond motifs is 2. The zero-order valence-electron chi connectivity index (χ0n) is 28.9. The third-order valence-corrected chi connectivity index (χ3v) is 9.29. The number of nitrogens with zero attached hydrogens (tertiary/aromatic N) is 4. The summed E-state index contributed by atoms with van der Waals surface area (Å²) in [4.78, 5) is 26.5. The maximum atomic E-state index is 15.8. The summed E-state index contributed by atoms with van der Waals surface area (Å²) in [5, 5.41) is 19.3. The summed E-state index contributed by atoms with van der Waals surface area (Å²) in [7, 11) is 1.61. The predicted octanol–water partition coefficient (Wildman–Crippen LogP) is 6.24. The Bertz CT molecular complexity index is 1630. The topological polar surface area (TPSA) is 121 Å². The van der Waals surface area contributed by atoms with Crippen molar-refractivity contribution >= 4 is 24.0 Å². The fourth-order valence-electron chi connectivity index (χ4n) is 7.08. The molecule has 3 aliphatic rings. The second-order valence-corrected chi connectivity index (χ2v) is 13.8. The molecule has 47 heavy (non-hydrogen) atoms. The molecule has 11 heteroatoms. The highest BCUT2D eigenvalue weighted by molar-refractivity contribution is 6.04. The molecule has 3 aliphatic heterocycles. The van der Waals surface area contributed by atoms with E-state index in [1.54, 1.807) is 34.7 Å². The Morgan fingerprint density at radius 2 is 1.96 bits per heavy atom. The van der Waals surface area contributed by atoms with E-state index in [0.29, 0.717) is 64.8 Å². The summed E-state index contributed by atoms with van der Waals surface area (Å²) in [6.07, 6.45) is 4.16. The number of aryl methyl sites for hydroxylation is 2. The van der Waals surface area contributed by atoms with E-state index in [0.717, 1.165) is 43.6 Å². The molecule has 0 saturated carbocycles. The first-order chi connectivity index (χ1) is 22.2. The highest BCUT2D eigenvalue weighted by Crippen LogP contribution is 2.44. The molecule has 2 fully saturated rings. The van der Waals surface area contributed by atoms with E-state index in [1.165, 1.54) is 12.5 Å². The van der Waals surface area contributed by atoms with Gasteiger partial charge in [-0.05, 0) is 110 Å². The van der Waals surface area contributed by atoms with Gasteiger partial charge in [0.05, 0.1) is 12.2 Å². The van der Waals surface area contributed by atoms with Gasteiger partial charge in [0.1, 0.15) is 0 Å². The molecule has 10 nitrogen and oxygen atoms in total. The monoisotopic (exact) mass is 649 g/mol. The minimum Gasteiger partial charge on any atom is -0.490 e. The van der Waals surface area contributed by atoms with Gasteiger partial charge < -0.3 is 24.2 Å². The SMILES string of the molecule is C/N=C(OC(=N)N1CCN2CCC[C@@H]2C1)/C(C)=C/c1c(C)nc(C)c([C@H](OC(C)(C)C)C(=O)O)c1-c1cc(F)c2c(c1C)CCCO2. The van der Waals surface area contributed by atoms with Crippen molar-refractivity contribution < 1.29 is 28.5 Å². The summed E-state index contributed by atoms with van der Waals surface area (Å²) < 4.78 is 33.7. The molecular weight excluding hydrogens is 601 g/mol. The van der Waals surface area contributed by atoms with E-state index >= 15 is 4.39 Å². The number of aliphatic imine (C=N–C) groups is 1. The summed E-state index contributed by atoms with van der Waals surface area (Å²) in [6.45, 7) is 16.7. The van der Waals surface area contributed by atoms with E-state index in [4.69, 9.17) is 24.6 Å². The van der Waals surface area contributed by atoms with Crippen molar-refractivity contribution in [3.05, 3.63) is 51.1 Å². The Labute approximate surface area is 277 Å². The van der Waals surface area contributed by atoms with Crippen LogP contribution in [-0.4, -0.2) is 89.3 Å². The molecule has 254 valence electrons. The fourth-order valence-corrected chi connectivity index (χ4v) is 7.08. The van der Waals surface area contributed by atoms with Crippen LogP contribution in [-0.2, 0) is 20.7 Å². The number of carboxylic acid groups (broad SMARTS) is 1. The van der Waals surface area contributed by atoms with Crippen LogP contribution in [0.2, 0.25) is 0 Å². The molecule has 2 aromatic rings. The number of piperazine rings is 1. The average Bonchev–Trinajstić information content (AvgIpc) is 3.49. The molecule has 1 aromatic heterocycles. The number of amidine groups is 1. The lowest BCUT2D eigenvalue weighted by Crippen LogP contribution is -2.52. The Morgan fingerprint density at radius 3 is 2.64 bits per heavy atom. The van der Waals surface area contributed by atoms with Crippen molar-refractivity contribution in [3.63, 3.8) is 0 Å². The molecule has 4 heterocycles. The first-order valence-corrected chi connectivity index (χ1v) is 16.5. The average molecular weight is 650 g/mol.